The first kappa shape index (κ1) is 62.3. The minimum atomic E-state index is -0.803. The van der Waals surface area contributed by atoms with E-state index in [1.165, 1.54) is 70.6 Å². The van der Waals surface area contributed by atoms with Crippen molar-refractivity contribution < 1.29 is 28.6 Å². The van der Waals surface area contributed by atoms with Crippen molar-refractivity contribution in [3.05, 3.63) is 97.2 Å². The van der Waals surface area contributed by atoms with E-state index in [0.717, 1.165) is 135 Å². The van der Waals surface area contributed by atoms with Crippen LogP contribution in [0.25, 0.3) is 0 Å². The molecule has 0 aliphatic carbocycles. The van der Waals surface area contributed by atoms with Gasteiger partial charge in [0, 0.05) is 19.3 Å². The number of rotatable bonds is 48. The molecule has 1 atom stereocenters. The largest absolute Gasteiger partial charge is 0.462 e. The van der Waals surface area contributed by atoms with Gasteiger partial charge in [0.1, 0.15) is 13.2 Å². The molecule has 0 aliphatic rings. The van der Waals surface area contributed by atoms with Crippen LogP contribution in [0.3, 0.4) is 0 Å². The molecule has 0 amide bonds. The van der Waals surface area contributed by atoms with E-state index in [4.69, 9.17) is 14.2 Å². The van der Waals surface area contributed by atoms with Crippen LogP contribution in [-0.2, 0) is 28.6 Å². The summed E-state index contributed by atoms with van der Waals surface area (Å²) in [5.74, 6) is -0.958. The van der Waals surface area contributed by atoms with Crippen molar-refractivity contribution in [1.82, 2.24) is 0 Å². The van der Waals surface area contributed by atoms with Crippen LogP contribution in [0, 0.1) is 0 Å². The summed E-state index contributed by atoms with van der Waals surface area (Å²) in [6.45, 7) is 6.42. The Labute approximate surface area is 407 Å². The molecule has 376 valence electrons. The molecule has 0 fully saturated rings. The predicted molar refractivity (Wildman–Crippen MR) is 284 cm³/mol. The molecule has 0 saturated heterocycles. The van der Waals surface area contributed by atoms with Gasteiger partial charge in [0.05, 0.1) is 0 Å². The standard InChI is InChI=1S/C60H100O6/c1-4-7-10-13-16-19-22-25-27-28-29-30-31-32-33-36-38-41-44-47-50-53-59(62)65-56-57(55-64-58(61)52-49-46-43-40-37-34-24-21-18-15-12-9-6-3)66-60(63)54-51-48-45-42-39-35-26-23-20-17-14-11-8-5-2/h9,12,14,17-18,21-23,25-26,28-29,31-32,34,37,57H,4-8,10-11,13,15-16,19-20,24,27,30,33,35-36,38-56H2,1-3H3/b12-9-,17-14-,21-18-,25-22-,26-23-,29-28-,32-31-,37-34-. The van der Waals surface area contributed by atoms with E-state index in [2.05, 4.69) is 118 Å². The van der Waals surface area contributed by atoms with Gasteiger partial charge in [0.15, 0.2) is 6.10 Å². The van der Waals surface area contributed by atoms with Crippen LogP contribution in [0.4, 0.5) is 0 Å². The van der Waals surface area contributed by atoms with Gasteiger partial charge < -0.3 is 14.2 Å². The molecule has 0 aromatic rings. The van der Waals surface area contributed by atoms with Crippen molar-refractivity contribution in [2.45, 2.75) is 252 Å². The maximum Gasteiger partial charge on any atom is 0.306 e. The monoisotopic (exact) mass is 917 g/mol. The van der Waals surface area contributed by atoms with Crippen LogP contribution in [0.1, 0.15) is 245 Å². The fraction of sp³-hybridized carbons (Fsp3) is 0.683. The van der Waals surface area contributed by atoms with Gasteiger partial charge in [-0.2, -0.15) is 0 Å². The molecule has 0 N–H and O–H groups in total. The number of hydrogen-bond donors (Lipinski definition) is 0. The van der Waals surface area contributed by atoms with Crippen molar-refractivity contribution in [3.8, 4) is 0 Å². The fourth-order valence-corrected chi connectivity index (χ4v) is 7.18. The Morgan fingerprint density at radius 2 is 0.606 bits per heavy atom. The Kier molecular flexibility index (Phi) is 50.9. The average molecular weight is 917 g/mol. The van der Waals surface area contributed by atoms with Crippen molar-refractivity contribution in [2.24, 2.45) is 0 Å². The maximum atomic E-state index is 12.8. The summed E-state index contributed by atoms with van der Waals surface area (Å²) >= 11 is 0. The van der Waals surface area contributed by atoms with Crippen molar-refractivity contribution in [2.75, 3.05) is 13.2 Å². The van der Waals surface area contributed by atoms with Gasteiger partial charge in [-0.3, -0.25) is 14.4 Å². The Balaban J connectivity index is 4.43. The minimum absolute atomic E-state index is 0.101. The lowest BCUT2D eigenvalue weighted by atomic mass is 10.1. The summed E-state index contributed by atoms with van der Waals surface area (Å²) < 4.78 is 16.8. The molecule has 0 aliphatic heterocycles. The van der Waals surface area contributed by atoms with Crippen molar-refractivity contribution in [3.63, 3.8) is 0 Å². The summed E-state index contributed by atoms with van der Waals surface area (Å²) in [5, 5.41) is 0. The third-order valence-corrected chi connectivity index (χ3v) is 11.3. The van der Waals surface area contributed by atoms with Crippen LogP contribution < -0.4 is 0 Å². The van der Waals surface area contributed by atoms with E-state index in [-0.39, 0.29) is 31.1 Å². The van der Waals surface area contributed by atoms with Gasteiger partial charge in [0.25, 0.3) is 0 Å². The maximum absolute atomic E-state index is 12.8. The lowest BCUT2D eigenvalue weighted by molar-refractivity contribution is -0.167. The van der Waals surface area contributed by atoms with Crippen LogP contribution in [0.15, 0.2) is 97.2 Å². The number of carbonyl (C=O) groups is 3. The second-order valence-corrected chi connectivity index (χ2v) is 17.7. The molecule has 0 heterocycles. The lowest BCUT2D eigenvalue weighted by Crippen LogP contribution is -2.30. The average Bonchev–Trinajstić information content (AvgIpc) is 3.31. The highest BCUT2D eigenvalue weighted by molar-refractivity contribution is 5.71. The van der Waals surface area contributed by atoms with Crippen LogP contribution in [0.2, 0.25) is 0 Å². The van der Waals surface area contributed by atoms with Gasteiger partial charge in [-0.05, 0) is 116 Å². The second kappa shape index (κ2) is 53.9. The highest BCUT2D eigenvalue weighted by Crippen LogP contribution is 2.13. The molecular formula is C60H100O6. The first-order valence-corrected chi connectivity index (χ1v) is 27.2. The molecule has 1 unspecified atom stereocenters. The molecular weight excluding hydrogens is 817 g/mol. The number of hydrogen-bond acceptors (Lipinski definition) is 6. The van der Waals surface area contributed by atoms with E-state index >= 15 is 0 Å². The molecule has 0 radical (unpaired) electrons. The van der Waals surface area contributed by atoms with Crippen molar-refractivity contribution >= 4 is 17.9 Å². The van der Waals surface area contributed by atoms with Crippen LogP contribution in [-0.4, -0.2) is 37.2 Å². The predicted octanol–water partition coefficient (Wildman–Crippen LogP) is 18.1. The lowest BCUT2D eigenvalue weighted by Gasteiger charge is -2.18. The van der Waals surface area contributed by atoms with Gasteiger partial charge in [-0.1, -0.05) is 208 Å². The van der Waals surface area contributed by atoms with Crippen LogP contribution >= 0.6 is 0 Å². The quantitative estimate of drug-likeness (QED) is 0.0262. The molecule has 0 saturated carbocycles. The molecule has 66 heavy (non-hydrogen) atoms. The number of carbonyl (C=O) groups excluding carboxylic acids is 3. The van der Waals surface area contributed by atoms with E-state index in [0.29, 0.717) is 19.3 Å². The summed E-state index contributed by atoms with van der Waals surface area (Å²) in [7, 11) is 0. The SMILES string of the molecule is CC/C=C\C/C=C\C/C=C\CCCCCC(=O)OCC(COC(=O)CCCCCCCC/C=C\C/C=C\C/C=C\CCCCCCC)OC(=O)CCCCCCC/C=C\C/C=C\CCCC. The topological polar surface area (TPSA) is 78.9 Å². The van der Waals surface area contributed by atoms with Gasteiger partial charge in [0.2, 0.25) is 0 Å². The molecule has 6 nitrogen and oxygen atoms in total. The van der Waals surface area contributed by atoms with E-state index in [1.807, 2.05) is 0 Å². The first-order chi connectivity index (χ1) is 32.5. The zero-order valence-corrected chi connectivity index (χ0v) is 42.9. The van der Waals surface area contributed by atoms with Crippen molar-refractivity contribution in [1.29, 1.82) is 0 Å². The highest BCUT2D eigenvalue weighted by atomic mass is 16.6. The molecule has 0 rings (SSSR count). The third kappa shape index (κ3) is 51.3. The molecule has 0 bridgehead atoms. The molecule has 0 aromatic heterocycles. The third-order valence-electron chi connectivity index (χ3n) is 11.3. The van der Waals surface area contributed by atoms with Gasteiger partial charge in [-0.15, -0.1) is 0 Å². The fourth-order valence-electron chi connectivity index (χ4n) is 7.18. The number of allylic oxidation sites excluding steroid dienone is 16. The smallest absolute Gasteiger partial charge is 0.306 e. The Morgan fingerprint density at radius 1 is 0.318 bits per heavy atom. The minimum Gasteiger partial charge on any atom is -0.462 e. The molecule has 6 heteroatoms. The van der Waals surface area contributed by atoms with Gasteiger partial charge >= 0.3 is 17.9 Å². The first-order valence-electron chi connectivity index (χ1n) is 27.2. The zero-order chi connectivity index (χ0) is 47.9. The summed E-state index contributed by atoms with van der Waals surface area (Å²) in [6.07, 6.45) is 71.1. The number of unbranched alkanes of at least 4 members (excludes halogenated alkanes) is 21. The Bertz CT molecular complexity index is 1330. The molecule has 0 spiro atoms. The summed E-state index contributed by atoms with van der Waals surface area (Å²) in [5.41, 5.74) is 0. The Morgan fingerprint density at radius 3 is 0.985 bits per heavy atom. The van der Waals surface area contributed by atoms with E-state index in [9.17, 15) is 14.4 Å². The van der Waals surface area contributed by atoms with E-state index in [1.54, 1.807) is 0 Å². The summed E-state index contributed by atoms with van der Waals surface area (Å²) in [4.78, 5) is 38.0. The van der Waals surface area contributed by atoms with Crippen LogP contribution in [0.5, 0.6) is 0 Å². The zero-order valence-electron chi connectivity index (χ0n) is 42.9. The normalized spacial score (nSPS) is 12.8. The number of esters is 3. The highest BCUT2D eigenvalue weighted by Gasteiger charge is 2.19. The second-order valence-electron chi connectivity index (χ2n) is 17.7. The van der Waals surface area contributed by atoms with E-state index < -0.39 is 6.10 Å². The summed E-state index contributed by atoms with van der Waals surface area (Å²) in [6, 6.07) is 0. The number of ether oxygens (including phenoxy) is 3. The van der Waals surface area contributed by atoms with Gasteiger partial charge in [-0.25, -0.2) is 0 Å². The molecule has 0 aromatic carbocycles. The Hall–Kier alpha value is -3.67.